The number of aliphatic hydroxyl groups is 1. The van der Waals surface area contributed by atoms with Crippen molar-refractivity contribution in [1.82, 2.24) is 19.3 Å². The molecule has 21 heteroatoms. The highest BCUT2D eigenvalue weighted by Gasteiger charge is 2.65. The first-order valence-electron chi connectivity index (χ1n) is 23.0. The Kier molecular flexibility index (Phi) is 18.0. The van der Waals surface area contributed by atoms with Crippen LogP contribution < -0.4 is 24.0 Å². The van der Waals surface area contributed by atoms with Crippen molar-refractivity contribution in [3.63, 3.8) is 0 Å². The molecule has 1 saturated carbocycles. The number of anilines is 1. The Morgan fingerprint density at radius 2 is 1.82 bits per heavy atom. The van der Waals surface area contributed by atoms with E-state index in [-0.39, 0.29) is 60.4 Å². The maximum atomic E-state index is 14.3. The Labute approximate surface area is 421 Å². The van der Waals surface area contributed by atoms with Gasteiger partial charge in [0.15, 0.2) is 11.3 Å². The van der Waals surface area contributed by atoms with Crippen LogP contribution in [0.1, 0.15) is 91.5 Å². The SMILES string of the molecule is COc1cc2cc(c1Cl)N(C)C(=O)C[C@H](OC(=O)C(C)(C)OCCCSC1CC(=O)N(C[C@H]3CC[C@H](C(=O)NNI)CC3)C1=O)[C@]1(C)O[C@H]1[C@H](C)[C@@H]1C[C@@](O)(NC(=O)O1)[C@H](OC)/C=C/C=C(\C)C2. The molecule has 1 aromatic carbocycles. The van der Waals surface area contributed by atoms with Gasteiger partial charge in [0.05, 0.1) is 30.6 Å². The number of thioether (sulfide) groups is 1. The van der Waals surface area contributed by atoms with Crippen molar-refractivity contribution in [1.29, 1.82) is 0 Å². The van der Waals surface area contributed by atoms with Gasteiger partial charge in [-0.2, -0.15) is 3.64 Å². The number of likely N-dealkylation sites (tertiary alicyclic amines) is 1. The summed E-state index contributed by atoms with van der Waals surface area (Å²) in [6, 6.07) is 3.58. The first-order chi connectivity index (χ1) is 32.1. The Morgan fingerprint density at radius 1 is 1.10 bits per heavy atom. The van der Waals surface area contributed by atoms with Crippen LogP contribution in [0.15, 0.2) is 35.9 Å². The molecule has 18 nitrogen and oxygen atoms in total. The van der Waals surface area contributed by atoms with Crippen LogP contribution in [0.5, 0.6) is 5.75 Å². The maximum absolute atomic E-state index is 14.3. The summed E-state index contributed by atoms with van der Waals surface area (Å²) in [5.41, 5.74) is 0.128. The molecule has 68 heavy (non-hydrogen) atoms. The van der Waals surface area contributed by atoms with E-state index in [1.165, 1.54) is 35.8 Å². The Bertz CT molecular complexity index is 2140. The van der Waals surface area contributed by atoms with E-state index in [9.17, 15) is 33.9 Å². The molecule has 4 heterocycles. The quantitative estimate of drug-likeness (QED) is 0.0344. The van der Waals surface area contributed by atoms with Gasteiger partial charge >= 0.3 is 12.1 Å². The number of imide groups is 1. The molecule has 5 aliphatic rings. The molecular weight excluding hydrogens is 1040 g/mol. The van der Waals surface area contributed by atoms with Gasteiger partial charge in [0, 0.05) is 74.9 Å². The fraction of sp³-hybridized carbons (Fsp3) is 0.660. The average Bonchev–Trinajstić information content (AvgIpc) is 3.92. The topological polar surface area (TPSA) is 224 Å². The summed E-state index contributed by atoms with van der Waals surface area (Å²) in [6.45, 7) is 9.06. The van der Waals surface area contributed by atoms with Crippen LogP contribution >= 0.6 is 46.2 Å². The number of hydrazine groups is 1. The number of rotatable bonds is 14. The third-order valence-electron chi connectivity index (χ3n) is 13.8. The number of nitrogens with zero attached hydrogens (tertiary/aromatic N) is 2. The van der Waals surface area contributed by atoms with Crippen LogP contribution in [0.25, 0.3) is 0 Å². The van der Waals surface area contributed by atoms with E-state index in [1.807, 2.05) is 35.9 Å². The number of hydrogen-bond acceptors (Lipinski definition) is 15. The second kappa shape index (κ2) is 22.7. The number of carbonyl (C=O) groups is 6. The lowest BCUT2D eigenvalue weighted by molar-refractivity contribution is -0.177. The summed E-state index contributed by atoms with van der Waals surface area (Å²) in [5.74, 6) is -1.29. The number of benzene rings is 1. The van der Waals surface area contributed by atoms with E-state index in [2.05, 4.69) is 14.4 Å². The van der Waals surface area contributed by atoms with Crippen molar-refractivity contribution in [3.05, 3.63) is 46.5 Å². The highest BCUT2D eigenvalue weighted by atomic mass is 127. The molecule has 0 aromatic heterocycles. The predicted octanol–water partition coefficient (Wildman–Crippen LogP) is 5.49. The van der Waals surface area contributed by atoms with Gasteiger partial charge < -0.3 is 38.4 Å². The van der Waals surface area contributed by atoms with Gasteiger partial charge in [0.25, 0.3) is 0 Å². The number of esters is 1. The number of alkyl carbamates (subject to hydrolysis) is 1. The summed E-state index contributed by atoms with van der Waals surface area (Å²) in [5, 5.41) is 14.1. The number of epoxide rings is 1. The van der Waals surface area contributed by atoms with Crippen LogP contribution in [0, 0.1) is 17.8 Å². The van der Waals surface area contributed by atoms with Crippen LogP contribution in [-0.2, 0) is 54.1 Å². The standard InChI is InChI=1S/C47H65ClIN5O13S/c1-26-11-9-12-35(63-8)47(61)24-33(65-44(60)50-47)27(2)40-46(5,67-40)36(23-37(55)53(6)31-20-29(19-26)21-32(62-7)39(31)48)66-43(59)45(3,4)64-17-10-18-68-34-22-38(56)54(42(34)58)25-28-13-15-30(16-14-28)41(57)51-52-49/h9,11-12,20-21,27-28,30,33-36,40,52,61H,10,13-19,22-25H2,1-8H3,(H,50,60)(H,51,57)/b12-9+,26-11+/t27-,28-,30-,33+,34?,35-,36+,40+,46+,47+/m1/s1. The molecule has 3 saturated heterocycles. The van der Waals surface area contributed by atoms with Crippen molar-refractivity contribution in [2.45, 2.75) is 139 Å². The smallest absolute Gasteiger partial charge is 0.409 e. The normalized spacial score (nSPS) is 32.6. The largest absolute Gasteiger partial charge is 0.495 e. The lowest BCUT2D eigenvalue weighted by Crippen LogP contribution is -2.63. The summed E-state index contributed by atoms with van der Waals surface area (Å²) >= 11 is 10.1. The highest BCUT2D eigenvalue weighted by Crippen LogP contribution is 2.49. The first kappa shape index (κ1) is 53.8. The average molecular weight is 1100 g/mol. The number of halogens is 2. The van der Waals surface area contributed by atoms with Gasteiger partial charge in [-0.1, -0.05) is 42.3 Å². The molecule has 4 bridgehead atoms. The molecule has 4 N–H and O–H groups in total. The molecule has 4 fully saturated rings. The number of allylic oxidation sites excluding steroid dienone is 3. The van der Waals surface area contributed by atoms with Crippen LogP contribution in [0.3, 0.4) is 0 Å². The summed E-state index contributed by atoms with van der Waals surface area (Å²) in [6.07, 6.45) is 4.26. The lowest BCUT2D eigenvalue weighted by Gasteiger charge is -2.42. The number of nitrogens with one attached hydrogen (secondary N) is 3. The number of fused-ring (bicyclic) bond motifs is 5. The number of carbonyl (C=O) groups excluding carboxylic acids is 6. The number of amides is 5. The minimum Gasteiger partial charge on any atom is -0.495 e. The summed E-state index contributed by atoms with van der Waals surface area (Å²) in [7, 11) is 4.49. The van der Waals surface area contributed by atoms with Gasteiger partial charge in [-0.3, -0.25) is 34.8 Å². The second-order valence-corrected chi connectivity index (χ2v) is 21.3. The van der Waals surface area contributed by atoms with Gasteiger partial charge in [0.2, 0.25) is 23.6 Å². The van der Waals surface area contributed by atoms with E-state index in [0.717, 1.165) is 24.0 Å². The summed E-state index contributed by atoms with van der Waals surface area (Å²) < 4.78 is 38.3. The van der Waals surface area contributed by atoms with Gasteiger partial charge in [-0.05, 0) is 95.6 Å². The minimum atomic E-state index is -1.85. The van der Waals surface area contributed by atoms with E-state index < -0.39 is 70.5 Å². The molecule has 376 valence electrons. The Balaban J connectivity index is 1.12. The Hall–Kier alpha value is -3.51. The fourth-order valence-corrected chi connectivity index (χ4v) is 11.2. The van der Waals surface area contributed by atoms with E-state index in [1.54, 1.807) is 59.0 Å². The molecule has 6 rings (SSSR count). The summed E-state index contributed by atoms with van der Waals surface area (Å²) in [4.78, 5) is 82.7. The highest BCUT2D eigenvalue weighted by molar-refractivity contribution is 14.1. The molecule has 5 amide bonds. The molecule has 0 radical (unpaired) electrons. The second-order valence-electron chi connectivity index (χ2n) is 19.1. The molecule has 0 spiro atoms. The lowest BCUT2D eigenvalue weighted by atomic mass is 9.81. The predicted molar refractivity (Wildman–Crippen MR) is 262 cm³/mol. The van der Waals surface area contributed by atoms with Crippen LogP contribution in [-0.4, -0.2) is 132 Å². The van der Waals surface area contributed by atoms with Crippen molar-refractivity contribution in [3.8, 4) is 5.75 Å². The molecule has 4 aliphatic heterocycles. The van der Waals surface area contributed by atoms with E-state index in [0.29, 0.717) is 49.4 Å². The monoisotopic (exact) mass is 1100 g/mol. The molecular formula is C47H65ClIN5O13S. The van der Waals surface area contributed by atoms with Crippen molar-refractivity contribution in [2.75, 3.05) is 45.1 Å². The number of hydrogen-bond donors (Lipinski definition) is 4. The third-order valence-corrected chi connectivity index (χ3v) is 15.7. The van der Waals surface area contributed by atoms with Gasteiger partial charge in [0.1, 0.15) is 34.7 Å². The van der Waals surface area contributed by atoms with Crippen molar-refractivity contribution < 1.29 is 62.3 Å². The van der Waals surface area contributed by atoms with Crippen molar-refractivity contribution >= 4 is 87.6 Å². The third kappa shape index (κ3) is 12.5. The zero-order valence-corrected chi connectivity index (χ0v) is 43.6. The Morgan fingerprint density at radius 3 is 2.50 bits per heavy atom. The van der Waals surface area contributed by atoms with Crippen molar-refractivity contribution in [2.24, 2.45) is 17.8 Å². The molecule has 1 aromatic rings. The van der Waals surface area contributed by atoms with Gasteiger partial charge in [-0.15, -0.1) is 11.8 Å². The molecule has 8 atom stereocenters. The molecule has 1 aliphatic carbocycles. The first-order valence-corrected chi connectivity index (χ1v) is 25.5. The number of ether oxygens (including phenoxy) is 6. The number of methoxy groups -OCH3 is 2. The minimum absolute atomic E-state index is 0.0491. The zero-order valence-electron chi connectivity index (χ0n) is 39.9. The fourth-order valence-electron chi connectivity index (χ4n) is 9.54. The molecule has 1 unspecified atom stereocenters. The zero-order chi connectivity index (χ0) is 49.7. The van der Waals surface area contributed by atoms with Crippen LogP contribution in [0.4, 0.5) is 10.5 Å². The van der Waals surface area contributed by atoms with E-state index >= 15 is 0 Å². The van der Waals surface area contributed by atoms with Crippen LogP contribution in [0.2, 0.25) is 5.02 Å². The maximum Gasteiger partial charge on any atom is 0.409 e. The van der Waals surface area contributed by atoms with Gasteiger partial charge in [-0.25, -0.2) is 9.59 Å². The van der Waals surface area contributed by atoms with E-state index in [4.69, 9.17) is 40.0 Å².